The molecule has 0 fully saturated rings. The minimum Gasteiger partial charge on any atom is -0.399 e. The van der Waals surface area contributed by atoms with Crippen LogP contribution in [0.2, 0.25) is 0 Å². The van der Waals surface area contributed by atoms with Crippen LogP contribution in [0.3, 0.4) is 0 Å². The van der Waals surface area contributed by atoms with Crippen LogP contribution in [0, 0.1) is 20.8 Å². The highest BCUT2D eigenvalue weighted by Crippen LogP contribution is 2.19. The number of rotatable bonds is 2. The fourth-order valence-corrected chi connectivity index (χ4v) is 2.05. The van der Waals surface area contributed by atoms with Crippen molar-refractivity contribution in [1.29, 1.82) is 0 Å². The molecule has 0 unspecified atom stereocenters. The standard InChI is InChI=1S/C14H18N4O/c1-8-7-11(5-6-12(8)15)16-14(19)13-9(2)17-18(4)10(13)3/h5-7H,15H2,1-4H3,(H,16,19). The van der Waals surface area contributed by atoms with Crippen molar-refractivity contribution in [3.8, 4) is 0 Å². The molecule has 0 saturated heterocycles. The molecule has 0 saturated carbocycles. The summed E-state index contributed by atoms with van der Waals surface area (Å²) < 4.78 is 1.71. The second kappa shape index (κ2) is 4.76. The van der Waals surface area contributed by atoms with E-state index in [1.165, 1.54) is 0 Å². The smallest absolute Gasteiger partial charge is 0.259 e. The van der Waals surface area contributed by atoms with Crippen molar-refractivity contribution in [1.82, 2.24) is 9.78 Å². The van der Waals surface area contributed by atoms with Crippen molar-refractivity contribution < 1.29 is 4.79 Å². The highest BCUT2D eigenvalue weighted by Gasteiger charge is 2.17. The van der Waals surface area contributed by atoms with Crippen molar-refractivity contribution in [2.75, 3.05) is 11.1 Å². The van der Waals surface area contributed by atoms with Gasteiger partial charge < -0.3 is 11.1 Å². The Morgan fingerprint density at radius 2 is 2.00 bits per heavy atom. The Balaban J connectivity index is 2.28. The van der Waals surface area contributed by atoms with Crippen LogP contribution in [-0.4, -0.2) is 15.7 Å². The van der Waals surface area contributed by atoms with Gasteiger partial charge in [0.25, 0.3) is 5.91 Å². The maximum absolute atomic E-state index is 12.3. The lowest BCUT2D eigenvalue weighted by atomic mass is 10.1. The van der Waals surface area contributed by atoms with Crippen molar-refractivity contribution >= 4 is 17.3 Å². The number of hydrogen-bond donors (Lipinski definition) is 2. The molecule has 5 heteroatoms. The van der Waals surface area contributed by atoms with Gasteiger partial charge in [-0.2, -0.15) is 5.10 Å². The minimum absolute atomic E-state index is 0.146. The van der Waals surface area contributed by atoms with Crippen LogP contribution >= 0.6 is 0 Å². The van der Waals surface area contributed by atoms with Crippen LogP contribution in [0.25, 0.3) is 0 Å². The lowest BCUT2D eigenvalue weighted by Crippen LogP contribution is -2.14. The average Bonchev–Trinajstić information content (AvgIpc) is 2.58. The van der Waals surface area contributed by atoms with Gasteiger partial charge in [-0.3, -0.25) is 9.48 Å². The number of anilines is 2. The Bertz CT molecular complexity index is 643. The van der Waals surface area contributed by atoms with Gasteiger partial charge in [-0.05, 0) is 44.5 Å². The molecule has 1 aromatic carbocycles. The summed E-state index contributed by atoms with van der Waals surface area (Å²) >= 11 is 0. The maximum atomic E-state index is 12.3. The zero-order valence-corrected chi connectivity index (χ0v) is 11.6. The fourth-order valence-electron chi connectivity index (χ4n) is 2.05. The molecular weight excluding hydrogens is 240 g/mol. The SMILES string of the molecule is Cc1cc(NC(=O)c2c(C)nn(C)c2C)ccc1N. The number of nitrogens with one attached hydrogen (secondary N) is 1. The van der Waals surface area contributed by atoms with Crippen LogP contribution in [-0.2, 0) is 7.05 Å². The third-order valence-electron chi connectivity index (χ3n) is 3.26. The third kappa shape index (κ3) is 2.45. The molecular formula is C14H18N4O. The first kappa shape index (κ1) is 13.1. The van der Waals surface area contributed by atoms with Gasteiger partial charge >= 0.3 is 0 Å². The van der Waals surface area contributed by atoms with Gasteiger partial charge in [-0.1, -0.05) is 0 Å². The van der Waals surface area contributed by atoms with Gasteiger partial charge in [0.2, 0.25) is 0 Å². The average molecular weight is 258 g/mol. The zero-order chi connectivity index (χ0) is 14.2. The molecule has 0 radical (unpaired) electrons. The molecule has 1 heterocycles. The van der Waals surface area contributed by atoms with Crippen LogP contribution in [0.1, 0.15) is 27.3 Å². The molecule has 100 valence electrons. The summed E-state index contributed by atoms with van der Waals surface area (Å²) in [5.74, 6) is -0.146. The number of benzene rings is 1. The summed E-state index contributed by atoms with van der Waals surface area (Å²) in [6.45, 7) is 5.62. The summed E-state index contributed by atoms with van der Waals surface area (Å²) in [5.41, 5.74) is 10.3. The highest BCUT2D eigenvalue weighted by atomic mass is 16.1. The predicted octanol–water partition coefficient (Wildman–Crippen LogP) is 2.18. The second-order valence-electron chi connectivity index (χ2n) is 4.69. The van der Waals surface area contributed by atoms with Gasteiger partial charge in [0.05, 0.1) is 11.3 Å². The van der Waals surface area contributed by atoms with E-state index >= 15 is 0 Å². The van der Waals surface area contributed by atoms with E-state index in [9.17, 15) is 4.79 Å². The molecule has 2 rings (SSSR count). The van der Waals surface area contributed by atoms with E-state index in [4.69, 9.17) is 5.73 Å². The van der Waals surface area contributed by atoms with E-state index in [0.29, 0.717) is 11.3 Å². The third-order valence-corrected chi connectivity index (χ3v) is 3.26. The van der Waals surface area contributed by atoms with E-state index in [1.807, 2.05) is 33.9 Å². The molecule has 2 aromatic rings. The van der Waals surface area contributed by atoms with Crippen molar-refractivity contribution in [3.05, 3.63) is 40.7 Å². The number of hydrogen-bond acceptors (Lipinski definition) is 3. The van der Waals surface area contributed by atoms with Crippen LogP contribution in [0.4, 0.5) is 11.4 Å². The molecule has 0 aliphatic rings. The van der Waals surface area contributed by atoms with E-state index in [2.05, 4.69) is 10.4 Å². The first-order valence-corrected chi connectivity index (χ1v) is 6.08. The van der Waals surface area contributed by atoms with E-state index in [1.54, 1.807) is 16.8 Å². The molecule has 5 nitrogen and oxygen atoms in total. The molecule has 0 bridgehead atoms. The molecule has 0 aliphatic heterocycles. The number of carbonyl (C=O) groups is 1. The predicted molar refractivity (Wildman–Crippen MR) is 76.2 cm³/mol. The number of amides is 1. The molecule has 3 N–H and O–H groups in total. The Morgan fingerprint density at radius 1 is 1.32 bits per heavy atom. The Hall–Kier alpha value is -2.30. The molecule has 19 heavy (non-hydrogen) atoms. The van der Waals surface area contributed by atoms with Crippen molar-refractivity contribution in [2.45, 2.75) is 20.8 Å². The molecule has 0 spiro atoms. The summed E-state index contributed by atoms with van der Waals surface area (Å²) in [7, 11) is 1.83. The van der Waals surface area contributed by atoms with Gasteiger partial charge in [0.1, 0.15) is 0 Å². The monoisotopic (exact) mass is 258 g/mol. The fraction of sp³-hybridized carbons (Fsp3) is 0.286. The summed E-state index contributed by atoms with van der Waals surface area (Å²) in [6.07, 6.45) is 0. The zero-order valence-electron chi connectivity index (χ0n) is 11.6. The molecule has 1 amide bonds. The number of carbonyl (C=O) groups excluding carboxylic acids is 1. The minimum atomic E-state index is -0.146. The largest absolute Gasteiger partial charge is 0.399 e. The first-order chi connectivity index (χ1) is 8.90. The normalized spacial score (nSPS) is 10.5. The highest BCUT2D eigenvalue weighted by molar-refractivity contribution is 6.06. The van der Waals surface area contributed by atoms with Crippen LogP contribution < -0.4 is 11.1 Å². The molecule has 1 aromatic heterocycles. The van der Waals surface area contributed by atoms with Gasteiger partial charge in [-0.25, -0.2) is 0 Å². The van der Waals surface area contributed by atoms with Crippen molar-refractivity contribution in [3.63, 3.8) is 0 Å². The summed E-state index contributed by atoms with van der Waals surface area (Å²) in [4.78, 5) is 12.3. The molecule has 0 aliphatic carbocycles. The summed E-state index contributed by atoms with van der Waals surface area (Å²) in [6, 6.07) is 5.43. The summed E-state index contributed by atoms with van der Waals surface area (Å²) in [5, 5.41) is 7.11. The number of aryl methyl sites for hydroxylation is 3. The van der Waals surface area contributed by atoms with Gasteiger partial charge in [0.15, 0.2) is 0 Å². The maximum Gasteiger partial charge on any atom is 0.259 e. The van der Waals surface area contributed by atoms with Crippen LogP contribution in [0.15, 0.2) is 18.2 Å². The first-order valence-electron chi connectivity index (χ1n) is 6.08. The van der Waals surface area contributed by atoms with Gasteiger partial charge in [0, 0.05) is 24.1 Å². The van der Waals surface area contributed by atoms with E-state index in [-0.39, 0.29) is 5.91 Å². The van der Waals surface area contributed by atoms with Crippen LogP contribution in [0.5, 0.6) is 0 Å². The molecule has 0 atom stereocenters. The lowest BCUT2D eigenvalue weighted by Gasteiger charge is -2.08. The quantitative estimate of drug-likeness (QED) is 0.811. The number of nitrogen functional groups attached to an aromatic ring is 1. The Kier molecular flexibility index (Phi) is 3.29. The number of aromatic nitrogens is 2. The Labute approximate surface area is 112 Å². The van der Waals surface area contributed by atoms with E-state index in [0.717, 1.165) is 22.6 Å². The number of nitrogens with zero attached hydrogens (tertiary/aromatic N) is 2. The van der Waals surface area contributed by atoms with Crippen molar-refractivity contribution in [2.24, 2.45) is 7.05 Å². The topological polar surface area (TPSA) is 72.9 Å². The van der Waals surface area contributed by atoms with E-state index < -0.39 is 0 Å². The number of nitrogens with two attached hydrogens (primary N) is 1. The lowest BCUT2D eigenvalue weighted by molar-refractivity contribution is 0.102. The second-order valence-corrected chi connectivity index (χ2v) is 4.69. The Morgan fingerprint density at radius 3 is 2.53 bits per heavy atom. The van der Waals surface area contributed by atoms with Gasteiger partial charge in [-0.15, -0.1) is 0 Å².